The van der Waals surface area contributed by atoms with Crippen LogP contribution >= 0.6 is 43.5 Å². The lowest BCUT2D eigenvalue weighted by Crippen LogP contribution is -2.40. The Balaban J connectivity index is 1.40. The first-order valence-corrected chi connectivity index (χ1v) is 13.6. The van der Waals surface area contributed by atoms with Gasteiger partial charge in [-0.15, -0.1) is 0 Å². The average Bonchev–Trinajstić information content (AvgIpc) is 2.96. The third kappa shape index (κ3) is 5.09. The molecule has 1 aromatic heterocycles. The second-order valence-corrected chi connectivity index (χ2v) is 11.4. The van der Waals surface area contributed by atoms with Crippen LogP contribution in [0, 0.1) is 5.92 Å². The number of nitrogens with zero attached hydrogens (tertiary/aromatic N) is 2. The van der Waals surface area contributed by atoms with E-state index >= 15 is 0 Å². The molecular formula is C26H27Br2ClN2O2. The summed E-state index contributed by atoms with van der Waals surface area (Å²) in [6.07, 6.45) is 9.24. The molecule has 3 aliphatic rings. The van der Waals surface area contributed by atoms with Crippen molar-refractivity contribution in [2.75, 3.05) is 26.3 Å². The van der Waals surface area contributed by atoms with Crippen LogP contribution in [-0.4, -0.2) is 42.1 Å². The van der Waals surface area contributed by atoms with E-state index in [1.54, 1.807) is 0 Å². The molecule has 174 valence electrons. The number of halogens is 3. The lowest BCUT2D eigenvalue weighted by atomic mass is 9.76. The number of benzene rings is 1. The summed E-state index contributed by atoms with van der Waals surface area (Å²) in [5.41, 5.74) is 6.33. The van der Waals surface area contributed by atoms with Crippen molar-refractivity contribution in [2.24, 2.45) is 5.92 Å². The molecule has 33 heavy (non-hydrogen) atoms. The number of likely N-dealkylation sites (tertiary alicyclic amines) is 1. The Labute approximate surface area is 217 Å². The molecule has 1 aliphatic carbocycles. The number of carbonyl (C=O) groups is 1. The number of carbonyl (C=O) groups excluding carboxylic acids is 1. The largest absolute Gasteiger partial charge is 0.377 e. The van der Waals surface area contributed by atoms with Crippen molar-refractivity contribution in [1.29, 1.82) is 0 Å². The quantitative estimate of drug-likeness (QED) is 0.383. The highest BCUT2D eigenvalue weighted by Gasteiger charge is 2.36. The number of aryl methyl sites for hydroxylation is 2. The van der Waals surface area contributed by atoms with E-state index in [9.17, 15) is 4.79 Å². The fourth-order valence-electron chi connectivity index (χ4n) is 5.54. The van der Waals surface area contributed by atoms with Crippen molar-refractivity contribution in [2.45, 2.75) is 44.4 Å². The first-order valence-electron chi connectivity index (χ1n) is 11.6. The molecule has 5 rings (SSSR count). The number of aromatic nitrogens is 1. The maximum atomic E-state index is 12.9. The Morgan fingerprint density at radius 2 is 1.91 bits per heavy atom. The van der Waals surface area contributed by atoms with E-state index in [0.29, 0.717) is 18.9 Å². The summed E-state index contributed by atoms with van der Waals surface area (Å²) in [5, 5.41) is 0.766. The van der Waals surface area contributed by atoms with E-state index in [4.69, 9.17) is 21.3 Å². The van der Waals surface area contributed by atoms with Crippen molar-refractivity contribution < 1.29 is 9.53 Å². The van der Waals surface area contributed by atoms with Crippen molar-refractivity contribution in [3.05, 3.63) is 72.4 Å². The van der Waals surface area contributed by atoms with Crippen LogP contribution in [-0.2, 0) is 22.4 Å². The number of piperidine rings is 1. The molecule has 4 nitrogen and oxygen atoms in total. The highest BCUT2D eigenvalue weighted by molar-refractivity contribution is 9.10. The summed E-state index contributed by atoms with van der Waals surface area (Å²) in [5.74, 6) is 0.879. The van der Waals surface area contributed by atoms with Gasteiger partial charge in [-0.3, -0.25) is 9.78 Å². The van der Waals surface area contributed by atoms with Crippen LogP contribution in [0.5, 0.6) is 0 Å². The minimum absolute atomic E-state index is 0.202. The maximum absolute atomic E-state index is 12.9. The number of fused-ring (bicyclic) bond motifs is 2. The second-order valence-electron chi connectivity index (χ2n) is 9.22. The van der Waals surface area contributed by atoms with Crippen molar-refractivity contribution in [3.8, 4) is 0 Å². The molecule has 2 aliphatic heterocycles. The summed E-state index contributed by atoms with van der Waals surface area (Å²) in [6, 6.07) is 6.35. The summed E-state index contributed by atoms with van der Waals surface area (Å²) in [6.45, 7) is 2.96. The van der Waals surface area contributed by atoms with Crippen LogP contribution in [0.15, 0.2) is 45.0 Å². The minimum atomic E-state index is 0.202. The molecule has 0 spiro atoms. The predicted molar refractivity (Wildman–Crippen MR) is 138 cm³/mol. The summed E-state index contributed by atoms with van der Waals surface area (Å²) < 4.78 is 7.46. The molecule has 1 amide bonds. The van der Waals surface area contributed by atoms with Crippen LogP contribution in [0.1, 0.15) is 54.0 Å². The normalized spacial score (nSPS) is 21.1. The molecule has 3 heterocycles. The number of amides is 1. The zero-order chi connectivity index (χ0) is 22.9. The highest BCUT2D eigenvalue weighted by Crippen LogP contribution is 2.46. The third-order valence-corrected chi connectivity index (χ3v) is 8.52. The van der Waals surface area contributed by atoms with Gasteiger partial charge in [-0.2, -0.15) is 0 Å². The van der Waals surface area contributed by atoms with E-state index < -0.39 is 0 Å². The lowest BCUT2D eigenvalue weighted by molar-refractivity contribution is -0.132. The topological polar surface area (TPSA) is 42.4 Å². The highest BCUT2D eigenvalue weighted by atomic mass is 79.9. The smallest absolute Gasteiger partial charge is 0.226 e. The molecule has 0 N–H and O–H groups in total. The Kier molecular flexibility index (Phi) is 7.26. The predicted octanol–water partition coefficient (Wildman–Crippen LogP) is 6.47. The van der Waals surface area contributed by atoms with E-state index in [-0.39, 0.29) is 11.8 Å². The number of hydrogen-bond donors (Lipinski definition) is 0. The Bertz CT molecular complexity index is 1100. The number of ether oxygens (including phenoxy) is 1. The van der Waals surface area contributed by atoms with Crippen LogP contribution in [0.3, 0.4) is 0 Å². The van der Waals surface area contributed by atoms with Crippen molar-refractivity contribution in [1.82, 2.24) is 9.88 Å². The Morgan fingerprint density at radius 1 is 1.12 bits per heavy atom. The van der Waals surface area contributed by atoms with Gasteiger partial charge in [0, 0.05) is 45.6 Å². The molecular weight excluding hydrogens is 568 g/mol. The van der Waals surface area contributed by atoms with Crippen LogP contribution in [0.4, 0.5) is 0 Å². The standard InChI is InChI=1S/C26H27Br2ClN2O2/c27-20-12-19-2-1-18-13-21(29)14-22(28)24(18)25(26(19)30-15-20)17-3-7-31(8-4-17)23(32)11-16-5-9-33-10-6-16/h5,12-15,17,25H,1-4,6-11H2/t25-/m1/s1. The zero-order valence-electron chi connectivity index (χ0n) is 18.5. The fourth-order valence-corrected chi connectivity index (χ4v) is 7.04. The summed E-state index contributed by atoms with van der Waals surface area (Å²) in [4.78, 5) is 19.9. The SMILES string of the molecule is O=C(CC1=CCOCC1)N1CCC([C@H]2c3ncc(Br)cc3CCc3cc(Cl)cc(Br)c32)CC1. The van der Waals surface area contributed by atoms with Gasteiger partial charge in [-0.05, 0) is 88.8 Å². The molecule has 1 saturated heterocycles. The minimum Gasteiger partial charge on any atom is -0.377 e. The first-order chi connectivity index (χ1) is 16.0. The fraction of sp³-hybridized carbons (Fsp3) is 0.462. The molecule has 2 aromatic rings. The van der Waals surface area contributed by atoms with Gasteiger partial charge in [-0.1, -0.05) is 39.2 Å². The van der Waals surface area contributed by atoms with E-state index in [0.717, 1.165) is 65.8 Å². The van der Waals surface area contributed by atoms with Gasteiger partial charge in [0.1, 0.15) is 0 Å². The van der Waals surface area contributed by atoms with Gasteiger partial charge in [0.25, 0.3) is 0 Å². The molecule has 0 unspecified atom stereocenters. The number of pyridine rings is 1. The van der Waals surface area contributed by atoms with E-state index in [2.05, 4.69) is 55.0 Å². The van der Waals surface area contributed by atoms with Gasteiger partial charge in [0.2, 0.25) is 5.91 Å². The molecule has 1 atom stereocenters. The zero-order valence-corrected chi connectivity index (χ0v) is 22.4. The molecule has 7 heteroatoms. The molecule has 0 saturated carbocycles. The molecule has 0 bridgehead atoms. The Morgan fingerprint density at radius 3 is 2.67 bits per heavy atom. The summed E-state index contributed by atoms with van der Waals surface area (Å²) in [7, 11) is 0. The van der Waals surface area contributed by atoms with Gasteiger partial charge in [0.15, 0.2) is 0 Å². The Hall–Kier alpha value is -1.21. The van der Waals surface area contributed by atoms with Gasteiger partial charge in [-0.25, -0.2) is 0 Å². The number of hydrogen-bond acceptors (Lipinski definition) is 3. The third-order valence-electron chi connectivity index (χ3n) is 7.22. The first kappa shape index (κ1) is 23.5. The lowest BCUT2D eigenvalue weighted by Gasteiger charge is -2.37. The monoisotopic (exact) mass is 592 g/mol. The van der Waals surface area contributed by atoms with E-state index in [1.165, 1.54) is 28.0 Å². The maximum Gasteiger partial charge on any atom is 0.226 e. The average molecular weight is 595 g/mol. The van der Waals surface area contributed by atoms with Gasteiger partial charge >= 0.3 is 0 Å². The summed E-state index contributed by atoms with van der Waals surface area (Å²) >= 11 is 13.9. The van der Waals surface area contributed by atoms with Crippen molar-refractivity contribution >= 4 is 49.4 Å². The van der Waals surface area contributed by atoms with Gasteiger partial charge < -0.3 is 9.64 Å². The van der Waals surface area contributed by atoms with Crippen LogP contribution in [0.2, 0.25) is 5.02 Å². The molecule has 0 radical (unpaired) electrons. The number of rotatable bonds is 3. The molecule has 1 aromatic carbocycles. The molecule has 1 fully saturated rings. The van der Waals surface area contributed by atoms with Crippen molar-refractivity contribution in [3.63, 3.8) is 0 Å². The van der Waals surface area contributed by atoms with Crippen LogP contribution in [0.25, 0.3) is 0 Å². The van der Waals surface area contributed by atoms with E-state index in [1.807, 2.05) is 12.3 Å². The van der Waals surface area contributed by atoms with Gasteiger partial charge in [0.05, 0.1) is 18.9 Å². The van der Waals surface area contributed by atoms with Crippen LogP contribution < -0.4 is 0 Å². The second kappa shape index (κ2) is 10.2.